The van der Waals surface area contributed by atoms with Gasteiger partial charge in [0.05, 0.1) is 12.5 Å². The Bertz CT molecular complexity index is 447. The first-order valence-electron chi connectivity index (χ1n) is 6.27. The zero-order chi connectivity index (χ0) is 13.1. The summed E-state index contributed by atoms with van der Waals surface area (Å²) < 4.78 is 6.22. The molecule has 98 valence electrons. The number of hydrogen-bond acceptors (Lipinski definition) is 3. The molecular weight excluding hydrogens is 294 g/mol. The SMILES string of the molecule is CCOC(=O)C1CNCC1c1ccc(Br)cc1C. The number of nitrogens with one attached hydrogen (secondary N) is 1. The maximum absolute atomic E-state index is 11.9. The third-order valence-electron chi connectivity index (χ3n) is 3.43. The van der Waals surface area contributed by atoms with E-state index in [2.05, 4.69) is 40.3 Å². The second-order valence-corrected chi connectivity index (χ2v) is 5.54. The lowest BCUT2D eigenvalue weighted by atomic mass is 9.86. The molecular formula is C14H18BrNO2. The number of benzene rings is 1. The van der Waals surface area contributed by atoms with Crippen molar-refractivity contribution in [2.45, 2.75) is 19.8 Å². The molecule has 1 fully saturated rings. The summed E-state index contributed by atoms with van der Waals surface area (Å²) in [6.07, 6.45) is 0. The number of rotatable bonds is 3. The van der Waals surface area contributed by atoms with Crippen LogP contribution in [0.4, 0.5) is 0 Å². The highest BCUT2D eigenvalue weighted by atomic mass is 79.9. The molecule has 1 aliphatic heterocycles. The molecule has 1 aliphatic rings. The minimum absolute atomic E-state index is 0.0650. The van der Waals surface area contributed by atoms with E-state index in [0.717, 1.165) is 11.0 Å². The van der Waals surface area contributed by atoms with E-state index in [1.54, 1.807) is 0 Å². The Morgan fingerprint density at radius 3 is 2.94 bits per heavy atom. The van der Waals surface area contributed by atoms with Crippen LogP contribution in [0.15, 0.2) is 22.7 Å². The van der Waals surface area contributed by atoms with Crippen molar-refractivity contribution in [1.82, 2.24) is 5.32 Å². The van der Waals surface area contributed by atoms with Crippen LogP contribution >= 0.6 is 15.9 Å². The van der Waals surface area contributed by atoms with Crippen molar-refractivity contribution < 1.29 is 9.53 Å². The van der Waals surface area contributed by atoms with Crippen LogP contribution in [-0.4, -0.2) is 25.7 Å². The third kappa shape index (κ3) is 2.75. The predicted octanol–water partition coefficient (Wildman–Crippen LogP) is 2.62. The minimum atomic E-state index is -0.0881. The van der Waals surface area contributed by atoms with Gasteiger partial charge in [-0.05, 0) is 37.1 Å². The summed E-state index contributed by atoms with van der Waals surface area (Å²) in [5.41, 5.74) is 2.45. The van der Waals surface area contributed by atoms with Gasteiger partial charge in [-0.25, -0.2) is 0 Å². The van der Waals surface area contributed by atoms with Gasteiger partial charge >= 0.3 is 5.97 Å². The fourth-order valence-electron chi connectivity index (χ4n) is 2.56. The van der Waals surface area contributed by atoms with Gasteiger partial charge in [0.2, 0.25) is 0 Å². The van der Waals surface area contributed by atoms with Crippen molar-refractivity contribution in [3.05, 3.63) is 33.8 Å². The van der Waals surface area contributed by atoms with Crippen molar-refractivity contribution in [2.24, 2.45) is 5.92 Å². The van der Waals surface area contributed by atoms with Crippen LogP contribution < -0.4 is 5.32 Å². The first-order chi connectivity index (χ1) is 8.63. The highest BCUT2D eigenvalue weighted by molar-refractivity contribution is 9.10. The minimum Gasteiger partial charge on any atom is -0.466 e. The Morgan fingerprint density at radius 2 is 2.28 bits per heavy atom. The number of esters is 1. The Morgan fingerprint density at radius 1 is 1.50 bits per heavy atom. The summed E-state index contributed by atoms with van der Waals surface area (Å²) in [5.74, 6) is 0.0665. The lowest BCUT2D eigenvalue weighted by Crippen LogP contribution is -2.24. The van der Waals surface area contributed by atoms with E-state index in [-0.39, 0.29) is 17.8 Å². The molecule has 3 nitrogen and oxygen atoms in total. The van der Waals surface area contributed by atoms with Crippen LogP contribution in [0.25, 0.3) is 0 Å². The number of aryl methyl sites for hydroxylation is 1. The van der Waals surface area contributed by atoms with Gasteiger partial charge in [0.15, 0.2) is 0 Å². The zero-order valence-electron chi connectivity index (χ0n) is 10.7. The van der Waals surface area contributed by atoms with Crippen molar-refractivity contribution in [3.8, 4) is 0 Å². The summed E-state index contributed by atoms with van der Waals surface area (Å²) in [6, 6.07) is 6.22. The molecule has 1 N–H and O–H groups in total. The Kier molecular flexibility index (Phi) is 4.40. The number of ether oxygens (including phenoxy) is 1. The summed E-state index contributed by atoms with van der Waals surface area (Å²) in [6.45, 7) is 5.92. The third-order valence-corrected chi connectivity index (χ3v) is 3.93. The van der Waals surface area contributed by atoms with E-state index in [1.807, 2.05) is 13.0 Å². The average Bonchev–Trinajstić information content (AvgIpc) is 2.78. The second kappa shape index (κ2) is 5.85. The van der Waals surface area contributed by atoms with E-state index in [0.29, 0.717) is 13.2 Å². The van der Waals surface area contributed by atoms with Gasteiger partial charge in [-0.2, -0.15) is 0 Å². The highest BCUT2D eigenvalue weighted by Crippen LogP contribution is 2.32. The van der Waals surface area contributed by atoms with Crippen molar-refractivity contribution in [1.29, 1.82) is 0 Å². The topological polar surface area (TPSA) is 38.3 Å². The largest absolute Gasteiger partial charge is 0.466 e. The highest BCUT2D eigenvalue weighted by Gasteiger charge is 2.35. The zero-order valence-corrected chi connectivity index (χ0v) is 12.3. The van der Waals surface area contributed by atoms with Gasteiger partial charge in [0, 0.05) is 23.5 Å². The Hall–Kier alpha value is -0.870. The number of carbonyl (C=O) groups is 1. The molecule has 2 atom stereocenters. The molecule has 0 radical (unpaired) electrons. The monoisotopic (exact) mass is 311 g/mol. The molecule has 1 heterocycles. The van der Waals surface area contributed by atoms with Crippen molar-refractivity contribution >= 4 is 21.9 Å². The summed E-state index contributed by atoms with van der Waals surface area (Å²) in [5, 5.41) is 3.29. The molecule has 0 amide bonds. The number of halogens is 1. The van der Waals surface area contributed by atoms with Crippen molar-refractivity contribution in [2.75, 3.05) is 19.7 Å². The Balaban J connectivity index is 2.23. The van der Waals surface area contributed by atoms with Crippen LogP contribution in [0.1, 0.15) is 24.0 Å². The van der Waals surface area contributed by atoms with Gasteiger partial charge in [0.25, 0.3) is 0 Å². The summed E-state index contributed by atoms with van der Waals surface area (Å²) in [4.78, 5) is 11.9. The molecule has 0 bridgehead atoms. The fraction of sp³-hybridized carbons (Fsp3) is 0.500. The molecule has 0 aliphatic carbocycles. The average molecular weight is 312 g/mol. The van der Waals surface area contributed by atoms with Crippen LogP contribution in [-0.2, 0) is 9.53 Å². The predicted molar refractivity (Wildman–Crippen MR) is 74.6 cm³/mol. The van der Waals surface area contributed by atoms with E-state index in [1.165, 1.54) is 11.1 Å². The molecule has 0 aromatic heterocycles. The maximum atomic E-state index is 11.9. The molecule has 18 heavy (non-hydrogen) atoms. The number of carbonyl (C=O) groups excluding carboxylic acids is 1. The first-order valence-corrected chi connectivity index (χ1v) is 7.06. The van der Waals surface area contributed by atoms with E-state index in [4.69, 9.17) is 4.74 Å². The van der Waals surface area contributed by atoms with Crippen LogP contribution in [0.2, 0.25) is 0 Å². The second-order valence-electron chi connectivity index (χ2n) is 4.62. The molecule has 0 saturated carbocycles. The first kappa shape index (κ1) is 13.6. The summed E-state index contributed by atoms with van der Waals surface area (Å²) >= 11 is 3.47. The summed E-state index contributed by atoms with van der Waals surface area (Å²) in [7, 11) is 0. The van der Waals surface area contributed by atoms with Gasteiger partial charge in [-0.1, -0.05) is 22.0 Å². The molecule has 0 spiro atoms. The van der Waals surface area contributed by atoms with E-state index >= 15 is 0 Å². The standard InChI is InChI=1S/C14H18BrNO2/c1-3-18-14(17)13-8-16-7-12(13)11-5-4-10(15)6-9(11)2/h4-6,12-13,16H,3,7-8H2,1-2H3. The smallest absolute Gasteiger partial charge is 0.310 e. The molecule has 1 aromatic rings. The molecule has 1 saturated heterocycles. The van der Waals surface area contributed by atoms with Crippen molar-refractivity contribution in [3.63, 3.8) is 0 Å². The van der Waals surface area contributed by atoms with Gasteiger partial charge < -0.3 is 10.1 Å². The fourth-order valence-corrected chi connectivity index (χ4v) is 3.03. The van der Waals surface area contributed by atoms with Crippen LogP contribution in [0.5, 0.6) is 0 Å². The van der Waals surface area contributed by atoms with Crippen LogP contribution in [0, 0.1) is 12.8 Å². The maximum Gasteiger partial charge on any atom is 0.310 e. The normalized spacial score (nSPS) is 23.1. The quantitative estimate of drug-likeness (QED) is 0.872. The lowest BCUT2D eigenvalue weighted by Gasteiger charge is -2.19. The molecule has 2 rings (SSSR count). The molecule has 4 heteroatoms. The molecule has 1 aromatic carbocycles. The number of hydrogen-bond donors (Lipinski definition) is 1. The lowest BCUT2D eigenvalue weighted by molar-refractivity contribution is -0.147. The van der Waals surface area contributed by atoms with E-state index < -0.39 is 0 Å². The Labute approximate surface area is 116 Å². The molecule has 2 unspecified atom stereocenters. The van der Waals surface area contributed by atoms with Gasteiger partial charge in [-0.3, -0.25) is 4.79 Å². The van der Waals surface area contributed by atoms with Crippen LogP contribution in [0.3, 0.4) is 0 Å². The van der Waals surface area contributed by atoms with Gasteiger partial charge in [-0.15, -0.1) is 0 Å². The van der Waals surface area contributed by atoms with E-state index in [9.17, 15) is 4.79 Å². The van der Waals surface area contributed by atoms with Gasteiger partial charge in [0.1, 0.15) is 0 Å².